The van der Waals surface area contributed by atoms with Gasteiger partial charge in [0.2, 0.25) is 6.79 Å². The summed E-state index contributed by atoms with van der Waals surface area (Å²) in [4.78, 5) is 14.7. The van der Waals surface area contributed by atoms with Gasteiger partial charge < -0.3 is 9.47 Å². The Morgan fingerprint density at radius 2 is 2.00 bits per heavy atom. The normalized spacial score (nSPS) is 12.8. The van der Waals surface area contributed by atoms with E-state index in [9.17, 15) is 14.5 Å². The monoisotopic (exact) mass is 302 g/mol. The molecule has 2 aromatic carbocycles. The van der Waals surface area contributed by atoms with E-state index in [1.165, 1.54) is 24.4 Å². The largest absolute Gasteiger partial charge is 0.454 e. The van der Waals surface area contributed by atoms with Crippen LogP contribution in [0, 0.1) is 22.9 Å². The van der Waals surface area contributed by atoms with Crippen molar-refractivity contribution in [2.24, 2.45) is 4.99 Å². The molecule has 0 saturated heterocycles. The maximum absolute atomic E-state index is 13.5. The lowest BCUT2D eigenvalue weighted by Crippen LogP contribution is -1.95. The first-order valence-corrected chi connectivity index (χ1v) is 6.43. The van der Waals surface area contributed by atoms with Gasteiger partial charge >= 0.3 is 0 Å². The smallest absolute Gasteiger partial charge is 0.282 e. The number of hydrogen-bond donors (Lipinski definition) is 0. The highest BCUT2D eigenvalue weighted by Gasteiger charge is 2.22. The van der Waals surface area contributed by atoms with Crippen molar-refractivity contribution in [2.45, 2.75) is 6.92 Å². The molecule has 1 aliphatic rings. The fraction of sp³-hybridized carbons (Fsp3) is 0.133. The van der Waals surface area contributed by atoms with E-state index in [4.69, 9.17) is 9.47 Å². The molecule has 0 aliphatic carbocycles. The molecular formula is C15H11FN2O4. The highest BCUT2D eigenvalue weighted by Crippen LogP contribution is 2.37. The number of ether oxygens (including phenoxy) is 2. The molecule has 6 nitrogen and oxygen atoms in total. The summed E-state index contributed by atoms with van der Waals surface area (Å²) in [5.41, 5.74) is 0.985. The Kier molecular flexibility index (Phi) is 3.46. The predicted octanol–water partition coefficient (Wildman–Crippen LogP) is 3.52. The maximum atomic E-state index is 13.5. The summed E-state index contributed by atoms with van der Waals surface area (Å²) in [7, 11) is 0. The second kappa shape index (κ2) is 5.44. The van der Waals surface area contributed by atoms with E-state index in [1.807, 2.05) is 0 Å². The van der Waals surface area contributed by atoms with Crippen molar-refractivity contribution in [1.29, 1.82) is 0 Å². The van der Waals surface area contributed by atoms with Crippen molar-refractivity contribution >= 4 is 17.6 Å². The minimum Gasteiger partial charge on any atom is -0.454 e. The number of halogens is 1. The minimum absolute atomic E-state index is 0.0241. The molecule has 0 atom stereocenters. The molecule has 3 rings (SSSR count). The molecule has 112 valence electrons. The van der Waals surface area contributed by atoms with E-state index in [2.05, 4.69) is 4.99 Å². The minimum atomic E-state index is -0.529. The number of nitro groups is 1. The van der Waals surface area contributed by atoms with E-state index < -0.39 is 4.92 Å². The lowest BCUT2D eigenvalue weighted by atomic mass is 10.1. The van der Waals surface area contributed by atoms with E-state index in [0.717, 1.165) is 0 Å². The second-order valence-corrected chi connectivity index (χ2v) is 4.71. The Morgan fingerprint density at radius 1 is 1.27 bits per heavy atom. The van der Waals surface area contributed by atoms with Crippen molar-refractivity contribution in [3.8, 4) is 11.5 Å². The molecule has 7 heteroatoms. The van der Waals surface area contributed by atoms with Gasteiger partial charge in [0.05, 0.1) is 22.2 Å². The van der Waals surface area contributed by atoms with Gasteiger partial charge in [-0.1, -0.05) is 6.07 Å². The number of benzene rings is 2. The molecule has 0 spiro atoms. The van der Waals surface area contributed by atoms with Gasteiger partial charge in [0.1, 0.15) is 5.82 Å². The standard InChI is InChI=1S/C15H11FN2O4/c1-9-2-3-11(5-12(9)16)17-7-10-4-14-15(22-8-21-14)6-13(10)18(19)20/h2-7H,8H2,1H3. The Balaban J connectivity index is 1.98. The summed E-state index contributed by atoms with van der Waals surface area (Å²) >= 11 is 0. The Bertz CT molecular complexity index is 789. The van der Waals surface area contributed by atoms with Crippen LogP contribution in [0.5, 0.6) is 11.5 Å². The van der Waals surface area contributed by atoms with E-state index >= 15 is 0 Å². The second-order valence-electron chi connectivity index (χ2n) is 4.71. The lowest BCUT2D eigenvalue weighted by Gasteiger charge is -2.01. The zero-order valence-electron chi connectivity index (χ0n) is 11.6. The number of hydrogen-bond acceptors (Lipinski definition) is 5. The van der Waals surface area contributed by atoms with Crippen molar-refractivity contribution in [1.82, 2.24) is 0 Å². The van der Waals surface area contributed by atoms with Gasteiger partial charge in [-0.15, -0.1) is 0 Å². The number of rotatable bonds is 3. The van der Waals surface area contributed by atoms with Crippen molar-refractivity contribution in [2.75, 3.05) is 6.79 Å². The Labute approximate surface area is 125 Å². The third-order valence-corrected chi connectivity index (χ3v) is 3.23. The van der Waals surface area contributed by atoms with Crippen LogP contribution < -0.4 is 9.47 Å². The molecule has 0 bridgehead atoms. The highest BCUT2D eigenvalue weighted by atomic mass is 19.1. The van der Waals surface area contributed by atoms with Gasteiger partial charge in [0.15, 0.2) is 11.5 Å². The van der Waals surface area contributed by atoms with Gasteiger partial charge in [-0.3, -0.25) is 15.1 Å². The quantitative estimate of drug-likeness (QED) is 0.494. The van der Waals surface area contributed by atoms with Gasteiger partial charge in [0, 0.05) is 6.21 Å². The molecule has 1 heterocycles. The van der Waals surface area contributed by atoms with Crippen molar-refractivity contribution in [3.05, 3.63) is 57.4 Å². The number of nitro benzene ring substituents is 1. The molecule has 0 saturated carbocycles. The van der Waals surface area contributed by atoms with Crippen LogP contribution in [0.3, 0.4) is 0 Å². The Hall–Kier alpha value is -2.96. The Morgan fingerprint density at radius 3 is 2.68 bits per heavy atom. The molecule has 0 amide bonds. The molecule has 0 N–H and O–H groups in total. The van der Waals surface area contributed by atoms with Crippen LogP contribution >= 0.6 is 0 Å². The molecule has 0 fully saturated rings. The van der Waals surface area contributed by atoms with E-state index in [-0.39, 0.29) is 23.9 Å². The molecule has 1 aliphatic heterocycles. The molecule has 0 aromatic heterocycles. The van der Waals surface area contributed by atoms with Gasteiger partial charge in [-0.25, -0.2) is 4.39 Å². The van der Waals surface area contributed by atoms with Crippen LogP contribution in [-0.2, 0) is 0 Å². The average Bonchev–Trinajstić information content (AvgIpc) is 2.94. The third-order valence-electron chi connectivity index (χ3n) is 3.23. The maximum Gasteiger partial charge on any atom is 0.282 e. The van der Waals surface area contributed by atoms with Crippen LogP contribution in [0.1, 0.15) is 11.1 Å². The van der Waals surface area contributed by atoms with E-state index in [1.54, 1.807) is 19.1 Å². The van der Waals surface area contributed by atoms with Gasteiger partial charge in [-0.05, 0) is 30.7 Å². The van der Waals surface area contributed by atoms with Crippen molar-refractivity contribution in [3.63, 3.8) is 0 Å². The van der Waals surface area contributed by atoms with Gasteiger partial charge in [0.25, 0.3) is 5.69 Å². The fourth-order valence-corrected chi connectivity index (χ4v) is 2.01. The van der Waals surface area contributed by atoms with Crippen LogP contribution in [0.25, 0.3) is 0 Å². The van der Waals surface area contributed by atoms with Gasteiger partial charge in [-0.2, -0.15) is 0 Å². The summed E-state index contributed by atoms with van der Waals surface area (Å²) in [5.74, 6) is 0.363. The number of nitrogens with zero attached hydrogens (tertiary/aromatic N) is 2. The average molecular weight is 302 g/mol. The molecule has 0 radical (unpaired) electrons. The summed E-state index contributed by atoms with van der Waals surface area (Å²) in [6.07, 6.45) is 1.31. The van der Waals surface area contributed by atoms with Crippen molar-refractivity contribution < 1.29 is 18.8 Å². The molecule has 0 unspecified atom stereocenters. The number of aliphatic imine (C=N–C) groups is 1. The zero-order chi connectivity index (χ0) is 15.7. The highest BCUT2D eigenvalue weighted by molar-refractivity contribution is 5.88. The number of fused-ring (bicyclic) bond motifs is 1. The number of aryl methyl sites for hydroxylation is 1. The third kappa shape index (κ3) is 2.60. The first-order chi connectivity index (χ1) is 10.5. The summed E-state index contributed by atoms with van der Waals surface area (Å²) in [5, 5.41) is 11.1. The lowest BCUT2D eigenvalue weighted by molar-refractivity contribution is -0.385. The van der Waals surface area contributed by atoms with Crippen LogP contribution in [0.15, 0.2) is 35.3 Å². The topological polar surface area (TPSA) is 74.0 Å². The molecule has 22 heavy (non-hydrogen) atoms. The zero-order valence-corrected chi connectivity index (χ0v) is 11.6. The van der Waals surface area contributed by atoms with Crippen LogP contribution in [0.2, 0.25) is 0 Å². The first kappa shape index (κ1) is 14.0. The fourth-order valence-electron chi connectivity index (χ4n) is 2.01. The summed E-state index contributed by atoms with van der Waals surface area (Å²) < 4.78 is 23.8. The van der Waals surface area contributed by atoms with E-state index in [0.29, 0.717) is 22.7 Å². The summed E-state index contributed by atoms with van der Waals surface area (Å²) in [6.45, 7) is 1.67. The molecular weight excluding hydrogens is 291 g/mol. The predicted molar refractivity (Wildman–Crippen MR) is 77.6 cm³/mol. The van der Waals surface area contributed by atoms with Crippen LogP contribution in [-0.4, -0.2) is 17.9 Å². The van der Waals surface area contributed by atoms with Crippen LogP contribution in [0.4, 0.5) is 15.8 Å². The summed E-state index contributed by atoms with van der Waals surface area (Å²) in [6, 6.07) is 7.27. The first-order valence-electron chi connectivity index (χ1n) is 6.43. The molecule has 2 aromatic rings. The SMILES string of the molecule is Cc1ccc(N=Cc2cc3c(cc2[N+](=O)[O-])OCO3)cc1F.